The van der Waals surface area contributed by atoms with Gasteiger partial charge in [-0.2, -0.15) is 0 Å². The van der Waals surface area contributed by atoms with Crippen molar-refractivity contribution in [1.82, 2.24) is 5.48 Å². The molecule has 0 aromatic carbocycles. The predicted octanol–water partition coefficient (Wildman–Crippen LogP) is -2.26. The number of hydroxylamine groups is 1. The number of hydrogen-bond acceptors (Lipinski definition) is 4. The first-order valence-electron chi connectivity index (χ1n) is 1.77. The lowest BCUT2D eigenvalue weighted by Crippen LogP contribution is -2.29. The average molecular weight is 117 g/mol. The molecule has 0 aromatic heterocycles. The highest BCUT2D eigenvalue weighted by Crippen LogP contribution is 1.72. The zero-order chi connectivity index (χ0) is 6.57. The van der Waals surface area contributed by atoms with Gasteiger partial charge in [0.05, 0.1) is 12.4 Å². The van der Waals surface area contributed by atoms with Crippen LogP contribution in [0.4, 0.5) is 0 Å². The van der Waals surface area contributed by atoms with E-state index < -0.39 is 18.3 Å². The van der Waals surface area contributed by atoms with E-state index in [-0.39, 0.29) is 0 Å². The van der Waals surface area contributed by atoms with Gasteiger partial charge >= 0.3 is 0 Å². The standard InChI is InChI=1S/C3H4NO4/c5-2(4-8)1-3(6)7/h1H2,(H2-,4,5,6,7,8)/q-1/p-1. The molecule has 5 nitrogen and oxygen atoms in total. The lowest BCUT2D eigenvalue weighted by atomic mass is 10.4. The number of amides is 1. The van der Waals surface area contributed by atoms with Crippen molar-refractivity contribution in [2.24, 2.45) is 0 Å². The summed E-state index contributed by atoms with van der Waals surface area (Å²) in [5.41, 5.74) is 0.887. The van der Waals surface area contributed by atoms with Crippen LogP contribution in [0.25, 0.3) is 0 Å². The third kappa shape index (κ3) is 3.10. The third-order valence-electron chi connectivity index (χ3n) is 0.419. The number of carboxylic acid groups (broad SMARTS) is 1. The summed E-state index contributed by atoms with van der Waals surface area (Å²) in [5.74, 6) is -2.65. The molecule has 0 rings (SSSR count). The molecule has 0 saturated heterocycles. The monoisotopic (exact) mass is 117 g/mol. The summed E-state index contributed by atoms with van der Waals surface area (Å²) in [6.07, 6.45) is -0.872. The number of carboxylic acids is 1. The van der Waals surface area contributed by atoms with Crippen LogP contribution in [0.3, 0.4) is 0 Å². The van der Waals surface area contributed by atoms with Crippen molar-refractivity contribution in [1.29, 1.82) is 0 Å². The lowest BCUT2D eigenvalue weighted by Gasteiger charge is -2.05. The number of hydrogen-bond donors (Lipinski definition) is 1. The molecular formula is C3H3NO4-2. The Hall–Kier alpha value is -1.10. The molecule has 0 aliphatic rings. The van der Waals surface area contributed by atoms with Gasteiger partial charge in [0.15, 0.2) is 0 Å². The van der Waals surface area contributed by atoms with E-state index in [1.54, 1.807) is 0 Å². The van der Waals surface area contributed by atoms with Crippen LogP contribution >= 0.6 is 0 Å². The van der Waals surface area contributed by atoms with Gasteiger partial charge in [0.1, 0.15) is 0 Å². The zero-order valence-corrected chi connectivity index (χ0v) is 3.84. The van der Waals surface area contributed by atoms with Crippen molar-refractivity contribution < 1.29 is 14.7 Å². The maximum atomic E-state index is 9.78. The highest BCUT2D eigenvalue weighted by Gasteiger charge is 1.91. The summed E-state index contributed by atoms with van der Waals surface area (Å²) in [6.45, 7) is 0. The predicted molar refractivity (Wildman–Crippen MR) is 21.1 cm³/mol. The van der Waals surface area contributed by atoms with E-state index in [1.807, 2.05) is 0 Å². The molecule has 5 heteroatoms. The molecule has 1 N–H and O–H groups in total. The van der Waals surface area contributed by atoms with Gasteiger partial charge in [-0.25, -0.2) is 0 Å². The van der Waals surface area contributed by atoms with Crippen molar-refractivity contribution in [3.05, 3.63) is 5.21 Å². The third-order valence-corrected chi connectivity index (χ3v) is 0.419. The number of carbonyl (C=O) groups is 2. The minimum atomic E-state index is -1.56. The summed E-state index contributed by atoms with van der Waals surface area (Å²) in [6, 6.07) is 0. The number of nitrogens with one attached hydrogen (secondary N) is 1. The van der Waals surface area contributed by atoms with Crippen LogP contribution in [-0.2, 0) is 9.59 Å². The first-order valence-corrected chi connectivity index (χ1v) is 1.77. The van der Waals surface area contributed by atoms with Crippen LogP contribution in [0.15, 0.2) is 0 Å². The van der Waals surface area contributed by atoms with Crippen molar-refractivity contribution in [2.75, 3.05) is 0 Å². The Morgan fingerprint density at radius 1 is 1.50 bits per heavy atom. The molecule has 1 amide bonds. The second-order valence-corrected chi connectivity index (χ2v) is 1.07. The molecule has 0 fully saturated rings. The summed E-state index contributed by atoms with van der Waals surface area (Å²) in [7, 11) is 0. The van der Waals surface area contributed by atoms with E-state index in [1.165, 1.54) is 0 Å². The quantitative estimate of drug-likeness (QED) is 0.326. The zero-order valence-electron chi connectivity index (χ0n) is 3.84. The Morgan fingerprint density at radius 3 is 2.12 bits per heavy atom. The largest absolute Gasteiger partial charge is 0.759 e. The fourth-order valence-electron chi connectivity index (χ4n) is 0.167. The first kappa shape index (κ1) is 6.90. The normalized spacial score (nSPS) is 8.12. The summed E-state index contributed by atoms with van der Waals surface area (Å²) < 4.78 is 0. The fraction of sp³-hybridized carbons (Fsp3) is 0.333. The highest BCUT2D eigenvalue weighted by molar-refractivity contribution is 5.92. The van der Waals surface area contributed by atoms with Crippen molar-refractivity contribution in [3.63, 3.8) is 0 Å². The van der Waals surface area contributed by atoms with E-state index in [2.05, 4.69) is 0 Å². The van der Waals surface area contributed by atoms with Crippen LogP contribution in [0.2, 0.25) is 0 Å². The van der Waals surface area contributed by atoms with Gasteiger partial charge < -0.3 is 20.6 Å². The van der Waals surface area contributed by atoms with E-state index in [9.17, 15) is 19.9 Å². The Balaban J connectivity index is 3.40. The molecule has 0 heterocycles. The molecule has 0 aliphatic carbocycles. The second kappa shape index (κ2) is 2.98. The number of carbonyl (C=O) groups excluding carboxylic acids is 2. The topological polar surface area (TPSA) is 92.3 Å². The van der Waals surface area contributed by atoms with Gasteiger partial charge in [0.2, 0.25) is 5.91 Å². The Bertz CT molecular complexity index is 110. The molecule has 0 spiro atoms. The summed E-state index contributed by atoms with van der Waals surface area (Å²) in [4.78, 5) is 19.2. The van der Waals surface area contributed by atoms with Gasteiger partial charge in [0, 0.05) is 0 Å². The lowest BCUT2D eigenvalue weighted by molar-refractivity contribution is -0.304. The van der Waals surface area contributed by atoms with E-state index in [0.717, 1.165) is 5.48 Å². The SMILES string of the molecule is O=C([O-])CC(=O)N[O-]. The smallest absolute Gasteiger partial charge is 0.215 e. The van der Waals surface area contributed by atoms with E-state index in [0.29, 0.717) is 0 Å². The summed E-state index contributed by atoms with van der Waals surface area (Å²) in [5, 5.41) is 18.7. The minimum Gasteiger partial charge on any atom is -0.759 e. The minimum absolute atomic E-state index is 0.872. The van der Waals surface area contributed by atoms with E-state index >= 15 is 0 Å². The molecule has 0 bridgehead atoms. The molecule has 8 heavy (non-hydrogen) atoms. The maximum Gasteiger partial charge on any atom is 0.215 e. The molecule has 0 aliphatic heterocycles. The first-order chi connectivity index (χ1) is 3.66. The molecule has 0 radical (unpaired) electrons. The van der Waals surface area contributed by atoms with Crippen molar-refractivity contribution >= 4 is 11.9 Å². The fourth-order valence-corrected chi connectivity index (χ4v) is 0.167. The molecule has 0 atom stereocenters. The molecule has 46 valence electrons. The van der Waals surface area contributed by atoms with Gasteiger partial charge in [-0.3, -0.25) is 4.79 Å². The van der Waals surface area contributed by atoms with Gasteiger partial charge in [-0.15, -0.1) is 0 Å². The Kier molecular flexibility index (Phi) is 2.57. The van der Waals surface area contributed by atoms with Crippen LogP contribution in [-0.4, -0.2) is 11.9 Å². The number of aliphatic carboxylic acids is 1. The maximum absolute atomic E-state index is 9.78. The van der Waals surface area contributed by atoms with Gasteiger partial charge in [-0.05, 0) is 0 Å². The Labute approximate surface area is 44.9 Å². The van der Waals surface area contributed by atoms with E-state index in [4.69, 9.17) is 0 Å². The van der Waals surface area contributed by atoms with Crippen molar-refractivity contribution in [3.8, 4) is 0 Å². The van der Waals surface area contributed by atoms with Gasteiger partial charge in [0.25, 0.3) is 0 Å². The molecule has 0 saturated carbocycles. The van der Waals surface area contributed by atoms with Crippen LogP contribution in [0.1, 0.15) is 6.42 Å². The second-order valence-electron chi connectivity index (χ2n) is 1.07. The van der Waals surface area contributed by atoms with Crippen molar-refractivity contribution in [2.45, 2.75) is 6.42 Å². The average Bonchev–Trinajstić information content (AvgIpc) is 1.65. The Morgan fingerprint density at radius 2 is 2.00 bits per heavy atom. The molecule has 0 aromatic rings. The number of rotatable bonds is 2. The van der Waals surface area contributed by atoms with Crippen LogP contribution < -0.4 is 10.6 Å². The molecular weight excluding hydrogens is 114 g/mol. The van der Waals surface area contributed by atoms with Crippen LogP contribution in [0.5, 0.6) is 0 Å². The molecule has 0 unspecified atom stereocenters. The summed E-state index contributed by atoms with van der Waals surface area (Å²) >= 11 is 0. The highest BCUT2D eigenvalue weighted by atomic mass is 16.5. The van der Waals surface area contributed by atoms with Gasteiger partial charge in [-0.1, -0.05) is 0 Å². The van der Waals surface area contributed by atoms with Crippen LogP contribution in [0, 0.1) is 5.21 Å².